The first kappa shape index (κ1) is 26.4. The molecule has 1 amide bonds. The topological polar surface area (TPSA) is 96.0 Å². The van der Waals surface area contributed by atoms with Crippen LogP contribution >= 0.6 is 0 Å². The molecule has 0 unspecified atom stereocenters. The molecular formula is C28H27F3N6O2. The molecular weight excluding hydrogens is 509 g/mol. The summed E-state index contributed by atoms with van der Waals surface area (Å²) >= 11 is 0. The molecule has 1 fully saturated rings. The number of morpholine rings is 1. The Bertz CT molecular complexity index is 1510. The molecule has 0 saturated carbocycles. The van der Waals surface area contributed by atoms with Crippen molar-refractivity contribution in [2.75, 3.05) is 36.5 Å². The fraction of sp³-hybridized carbons (Fsp3) is 0.286. The van der Waals surface area contributed by atoms with Crippen LogP contribution in [0, 0.1) is 20.8 Å². The van der Waals surface area contributed by atoms with Gasteiger partial charge in [-0.25, -0.2) is 4.98 Å². The lowest BCUT2D eigenvalue weighted by Gasteiger charge is -2.28. The number of nitrogens with one attached hydrogen (secondary N) is 2. The third-order valence-corrected chi connectivity index (χ3v) is 6.65. The minimum absolute atomic E-state index is 0.133. The van der Waals surface area contributed by atoms with E-state index in [1.54, 1.807) is 6.07 Å². The molecule has 1 aromatic carbocycles. The summed E-state index contributed by atoms with van der Waals surface area (Å²) in [4.78, 5) is 23.3. The Hall–Kier alpha value is -4.25. The van der Waals surface area contributed by atoms with Crippen molar-refractivity contribution in [2.45, 2.75) is 26.9 Å². The predicted molar refractivity (Wildman–Crippen MR) is 142 cm³/mol. The molecule has 1 saturated heterocycles. The Morgan fingerprint density at radius 1 is 1.05 bits per heavy atom. The van der Waals surface area contributed by atoms with Crippen LogP contribution in [-0.2, 0) is 10.9 Å². The highest BCUT2D eigenvalue weighted by Crippen LogP contribution is 2.35. The summed E-state index contributed by atoms with van der Waals surface area (Å²) in [7, 11) is 0. The highest BCUT2D eigenvalue weighted by Gasteiger charge is 2.33. The van der Waals surface area contributed by atoms with Crippen LogP contribution in [0.2, 0.25) is 0 Å². The lowest BCUT2D eigenvalue weighted by atomic mass is 9.97. The average molecular weight is 537 g/mol. The van der Waals surface area contributed by atoms with Gasteiger partial charge in [-0.1, -0.05) is 6.07 Å². The number of alkyl halides is 3. The van der Waals surface area contributed by atoms with Crippen molar-refractivity contribution in [1.29, 1.82) is 0 Å². The zero-order valence-electron chi connectivity index (χ0n) is 21.7. The van der Waals surface area contributed by atoms with E-state index in [0.717, 1.165) is 57.4 Å². The van der Waals surface area contributed by atoms with Crippen molar-refractivity contribution in [3.05, 3.63) is 76.9 Å². The summed E-state index contributed by atoms with van der Waals surface area (Å²) < 4.78 is 44.8. The van der Waals surface area contributed by atoms with Gasteiger partial charge in [-0.3, -0.25) is 14.9 Å². The maximum Gasteiger partial charge on any atom is 0.433 e. The molecule has 4 aromatic rings. The molecule has 0 radical (unpaired) electrons. The number of amides is 1. The van der Waals surface area contributed by atoms with Gasteiger partial charge in [0.15, 0.2) is 0 Å². The first-order chi connectivity index (χ1) is 18.6. The van der Waals surface area contributed by atoms with Crippen molar-refractivity contribution in [3.63, 3.8) is 0 Å². The number of H-pyrrole nitrogens is 1. The minimum Gasteiger partial charge on any atom is -0.378 e. The fourth-order valence-corrected chi connectivity index (χ4v) is 4.62. The Morgan fingerprint density at radius 3 is 2.51 bits per heavy atom. The molecule has 4 heterocycles. The number of carbonyl (C=O) groups is 1. The molecule has 2 N–H and O–H groups in total. The monoisotopic (exact) mass is 536 g/mol. The fourth-order valence-electron chi connectivity index (χ4n) is 4.62. The highest BCUT2D eigenvalue weighted by molar-refractivity contribution is 6.04. The molecule has 0 aliphatic carbocycles. The maximum atomic E-state index is 13.1. The van der Waals surface area contributed by atoms with Crippen molar-refractivity contribution < 1.29 is 22.7 Å². The number of aromatic nitrogens is 4. The van der Waals surface area contributed by atoms with Crippen LogP contribution in [0.25, 0.3) is 22.4 Å². The van der Waals surface area contributed by atoms with E-state index >= 15 is 0 Å². The molecule has 1 aliphatic heterocycles. The van der Waals surface area contributed by atoms with Crippen LogP contribution in [0.15, 0.2) is 48.7 Å². The van der Waals surface area contributed by atoms with Crippen LogP contribution < -0.4 is 10.2 Å². The third kappa shape index (κ3) is 5.63. The summed E-state index contributed by atoms with van der Waals surface area (Å²) in [6.45, 7) is 8.46. The van der Waals surface area contributed by atoms with Crippen molar-refractivity contribution in [2.24, 2.45) is 0 Å². The summed E-state index contributed by atoms with van der Waals surface area (Å²) in [5.41, 5.74) is 5.32. The SMILES string of the molecule is Cc1ccc(NC(=O)c2ccnc(C(F)(F)F)c2)cc1-c1cc(-c2c(C)n[nH]c2C)nc(N2CCOCC2)c1. The molecule has 11 heteroatoms. The smallest absolute Gasteiger partial charge is 0.378 e. The second kappa shape index (κ2) is 10.5. The van der Waals surface area contributed by atoms with E-state index in [1.807, 2.05) is 45.0 Å². The zero-order chi connectivity index (χ0) is 27.7. The van der Waals surface area contributed by atoms with Crippen LogP contribution in [0.4, 0.5) is 24.7 Å². The Kier molecular flexibility index (Phi) is 7.09. The van der Waals surface area contributed by atoms with E-state index in [9.17, 15) is 18.0 Å². The van der Waals surface area contributed by atoms with Crippen LogP contribution in [0.3, 0.4) is 0 Å². The number of carbonyl (C=O) groups excluding carboxylic acids is 1. The van der Waals surface area contributed by atoms with Gasteiger partial charge in [-0.2, -0.15) is 18.3 Å². The Labute approximate surface area is 223 Å². The number of hydrogen-bond donors (Lipinski definition) is 2. The number of anilines is 2. The first-order valence-corrected chi connectivity index (χ1v) is 12.4. The summed E-state index contributed by atoms with van der Waals surface area (Å²) in [6.07, 6.45) is -3.67. The van der Waals surface area contributed by atoms with Gasteiger partial charge in [0.25, 0.3) is 5.91 Å². The Morgan fingerprint density at radius 2 is 1.82 bits per heavy atom. The van der Waals surface area contributed by atoms with E-state index in [2.05, 4.69) is 25.4 Å². The standard InChI is InChI=1S/C28H27F3N6O2/c1-16-4-5-21(33-27(38)19-6-7-32-24(13-19)28(29,30)31)15-22(16)20-12-23(26-17(2)35-36-18(26)3)34-25(14-20)37-8-10-39-11-9-37/h4-7,12-15H,8-11H2,1-3H3,(H,33,38)(H,35,36). The molecule has 3 aromatic heterocycles. The molecule has 0 spiro atoms. The Balaban J connectivity index is 1.53. The number of halogens is 3. The van der Waals surface area contributed by atoms with Crippen molar-refractivity contribution >= 4 is 17.4 Å². The van der Waals surface area contributed by atoms with Gasteiger partial charge in [0.1, 0.15) is 11.5 Å². The number of pyridine rings is 2. The van der Waals surface area contributed by atoms with E-state index < -0.39 is 17.8 Å². The van der Waals surface area contributed by atoms with Gasteiger partial charge in [0.2, 0.25) is 0 Å². The van der Waals surface area contributed by atoms with Crippen molar-refractivity contribution in [1.82, 2.24) is 20.2 Å². The normalized spacial score (nSPS) is 13.9. The predicted octanol–water partition coefficient (Wildman–Crippen LogP) is 5.57. The summed E-state index contributed by atoms with van der Waals surface area (Å²) in [5.74, 6) is 0.142. The lowest BCUT2D eigenvalue weighted by molar-refractivity contribution is -0.141. The van der Waals surface area contributed by atoms with E-state index in [1.165, 1.54) is 6.07 Å². The quantitative estimate of drug-likeness (QED) is 0.347. The number of nitrogens with zero attached hydrogens (tertiary/aromatic N) is 4. The molecule has 39 heavy (non-hydrogen) atoms. The number of ether oxygens (including phenoxy) is 1. The molecule has 1 aliphatic rings. The molecule has 8 nitrogen and oxygen atoms in total. The van der Waals surface area contributed by atoms with Gasteiger partial charge in [-0.15, -0.1) is 0 Å². The van der Waals surface area contributed by atoms with Crippen LogP contribution in [0.1, 0.15) is 33.0 Å². The van der Waals surface area contributed by atoms with Gasteiger partial charge < -0.3 is 15.0 Å². The molecule has 0 bridgehead atoms. The summed E-state index contributed by atoms with van der Waals surface area (Å²) in [6, 6.07) is 11.4. The number of rotatable bonds is 5. The van der Waals surface area contributed by atoms with E-state index in [0.29, 0.717) is 32.0 Å². The zero-order valence-corrected chi connectivity index (χ0v) is 21.7. The number of aryl methyl sites for hydroxylation is 3. The van der Waals surface area contributed by atoms with Gasteiger partial charge >= 0.3 is 6.18 Å². The van der Waals surface area contributed by atoms with Crippen LogP contribution in [-0.4, -0.2) is 52.4 Å². The molecule has 0 atom stereocenters. The number of hydrogen-bond acceptors (Lipinski definition) is 6. The second-order valence-corrected chi connectivity index (χ2v) is 9.42. The number of aromatic amines is 1. The van der Waals surface area contributed by atoms with Gasteiger partial charge in [0, 0.05) is 41.8 Å². The largest absolute Gasteiger partial charge is 0.433 e. The third-order valence-electron chi connectivity index (χ3n) is 6.65. The van der Waals surface area contributed by atoms with Crippen LogP contribution in [0.5, 0.6) is 0 Å². The van der Waals surface area contributed by atoms with Gasteiger partial charge in [0.05, 0.1) is 24.6 Å². The number of benzene rings is 1. The maximum absolute atomic E-state index is 13.1. The lowest BCUT2D eigenvalue weighted by Crippen LogP contribution is -2.36. The summed E-state index contributed by atoms with van der Waals surface area (Å²) in [5, 5.41) is 10.1. The van der Waals surface area contributed by atoms with E-state index in [4.69, 9.17) is 9.72 Å². The van der Waals surface area contributed by atoms with Crippen molar-refractivity contribution in [3.8, 4) is 22.4 Å². The second-order valence-electron chi connectivity index (χ2n) is 9.42. The highest BCUT2D eigenvalue weighted by atomic mass is 19.4. The van der Waals surface area contributed by atoms with Gasteiger partial charge in [-0.05, 0) is 73.9 Å². The molecule has 5 rings (SSSR count). The molecule has 202 valence electrons. The average Bonchev–Trinajstić information content (AvgIpc) is 3.27. The van der Waals surface area contributed by atoms with E-state index in [-0.39, 0.29) is 5.56 Å². The minimum atomic E-state index is -4.64. The first-order valence-electron chi connectivity index (χ1n) is 12.4.